The number of hydrogen-bond donors (Lipinski definition) is 3. The van der Waals surface area contributed by atoms with Crippen LogP contribution in [0.25, 0.3) is 0 Å². The van der Waals surface area contributed by atoms with Gasteiger partial charge in [0, 0.05) is 6.42 Å². The van der Waals surface area contributed by atoms with Crippen LogP contribution in [0.2, 0.25) is 0 Å². The summed E-state index contributed by atoms with van der Waals surface area (Å²) in [5, 5.41) is 23.3. The van der Waals surface area contributed by atoms with E-state index < -0.39 is 12.1 Å². The number of rotatable bonds is 50. The Hall–Kier alpha value is -2.69. The molecule has 2 atom stereocenters. The molecular formula is C61H107NO3. The van der Waals surface area contributed by atoms with Gasteiger partial charge in [0.15, 0.2) is 0 Å². The fraction of sp³-hybridized carbons (Fsp3) is 0.721. The van der Waals surface area contributed by atoms with E-state index in [1.165, 1.54) is 141 Å². The molecule has 0 aromatic rings. The lowest BCUT2D eigenvalue weighted by atomic mass is 10.0. The number of carbonyl (C=O) groups excluding carboxylic acids is 1. The predicted octanol–water partition coefficient (Wildman–Crippen LogP) is 18.5. The Morgan fingerprint density at radius 1 is 0.385 bits per heavy atom. The predicted molar refractivity (Wildman–Crippen MR) is 290 cm³/mol. The van der Waals surface area contributed by atoms with Gasteiger partial charge in [-0.2, -0.15) is 0 Å². The first-order valence-corrected chi connectivity index (χ1v) is 27.9. The van der Waals surface area contributed by atoms with Gasteiger partial charge in [0.25, 0.3) is 0 Å². The van der Waals surface area contributed by atoms with Gasteiger partial charge in [-0.15, -0.1) is 0 Å². The van der Waals surface area contributed by atoms with E-state index in [2.05, 4.69) is 116 Å². The van der Waals surface area contributed by atoms with Crippen molar-refractivity contribution >= 4 is 5.91 Å². The summed E-state index contributed by atoms with van der Waals surface area (Å²) in [6, 6.07) is -0.558. The summed E-state index contributed by atoms with van der Waals surface area (Å²) < 4.78 is 0. The lowest BCUT2D eigenvalue weighted by Crippen LogP contribution is -2.45. The third kappa shape index (κ3) is 52.1. The minimum absolute atomic E-state index is 0.0570. The van der Waals surface area contributed by atoms with Crippen LogP contribution in [0.1, 0.15) is 264 Å². The monoisotopic (exact) mass is 902 g/mol. The number of aliphatic hydroxyl groups excluding tert-OH is 2. The minimum Gasteiger partial charge on any atom is -0.394 e. The molecule has 4 nitrogen and oxygen atoms in total. The molecule has 0 spiro atoms. The number of allylic oxidation sites excluding steroid dienone is 16. The smallest absolute Gasteiger partial charge is 0.220 e. The second-order valence-electron chi connectivity index (χ2n) is 18.6. The number of nitrogens with one attached hydrogen (secondary N) is 1. The third-order valence-corrected chi connectivity index (χ3v) is 12.4. The Balaban J connectivity index is 3.59. The van der Waals surface area contributed by atoms with Gasteiger partial charge < -0.3 is 15.5 Å². The first kappa shape index (κ1) is 62.3. The Morgan fingerprint density at radius 2 is 0.677 bits per heavy atom. The molecule has 0 saturated carbocycles. The van der Waals surface area contributed by atoms with E-state index in [-0.39, 0.29) is 12.5 Å². The molecule has 0 aliphatic rings. The van der Waals surface area contributed by atoms with Crippen LogP contribution < -0.4 is 5.32 Å². The van der Waals surface area contributed by atoms with Crippen LogP contribution in [0, 0.1) is 0 Å². The maximum Gasteiger partial charge on any atom is 0.220 e. The molecular weight excluding hydrogens is 795 g/mol. The molecule has 0 aliphatic carbocycles. The topological polar surface area (TPSA) is 69.6 Å². The molecule has 65 heavy (non-hydrogen) atoms. The average Bonchev–Trinajstić information content (AvgIpc) is 3.31. The van der Waals surface area contributed by atoms with Crippen molar-refractivity contribution in [1.29, 1.82) is 0 Å². The van der Waals surface area contributed by atoms with Gasteiger partial charge in [0.2, 0.25) is 5.91 Å². The number of carbonyl (C=O) groups is 1. The maximum absolute atomic E-state index is 12.5. The summed E-state index contributed by atoms with van der Waals surface area (Å²) in [6.45, 7) is 4.25. The molecule has 1 amide bonds. The van der Waals surface area contributed by atoms with Gasteiger partial charge >= 0.3 is 0 Å². The average molecular weight is 903 g/mol. The van der Waals surface area contributed by atoms with E-state index in [4.69, 9.17) is 0 Å². The highest BCUT2D eigenvalue weighted by Gasteiger charge is 2.20. The lowest BCUT2D eigenvalue weighted by molar-refractivity contribution is -0.123. The number of hydrogen-bond acceptors (Lipinski definition) is 3. The van der Waals surface area contributed by atoms with E-state index in [9.17, 15) is 15.0 Å². The van der Waals surface area contributed by atoms with Crippen molar-refractivity contribution in [3.8, 4) is 0 Å². The highest BCUT2D eigenvalue weighted by atomic mass is 16.3. The van der Waals surface area contributed by atoms with Crippen LogP contribution in [-0.4, -0.2) is 34.9 Å². The van der Waals surface area contributed by atoms with Gasteiger partial charge in [-0.1, -0.05) is 278 Å². The number of aliphatic hydroxyl groups is 2. The highest BCUT2D eigenvalue weighted by molar-refractivity contribution is 5.76. The standard InChI is InChI=1S/C61H107NO3/c1-3-5-7-9-11-13-15-17-19-21-23-25-27-29-30-31-32-33-35-37-39-41-43-45-47-49-51-53-55-57-61(65)62-59(58-63)60(64)56-54-52-50-48-46-44-42-40-38-36-34-28-26-24-22-20-18-16-14-12-10-8-6-4-2/h5,7,11,13,17,19,23,25,29-30,32-33,37,39,43,45,59-60,63-64H,3-4,6,8-10,12,14-16,18,20-22,24,26-28,31,34-36,38,40-42,44,46-58H2,1-2H3,(H,62,65)/b7-5-,13-11-,19-17-,25-23-,30-29-,33-32-,39-37-,45-43-. The second kappa shape index (κ2) is 55.6. The fourth-order valence-electron chi connectivity index (χ4n) is 8.14. The van der Waals surface area contributed by atoms with E-state index in [1.807, 2.05) is 0 Å². The Bertz CT molecular complexity index is 1210. The Kier molecular flexibility index (Phi) is 53.3. The molecule has 3 N–H and O–H groups in total. The van der Waals surface area contributed by atoms with Gasteiger partial charge in [-0.05, 0) is 77.0 Å². The van der Waals surface area contributed by atoms with Crippen LogP contribution >= 0.6 is 0 Å². The van der Waals surface area contributed by atoms with Gasteiger partial charge in [-0.25, -0.2) is 0 Å². The number of amides is 1. The molecule has 2 unspecified atom stereocenters. The van der Waals surface area contributed by atoms with Crippen molar-refractivity contribution in [3.05, 3.63) is 97.2 Å². The zero-order valence-corrected chi connectivity index (χ0v) is 43.0. The zero-order chi connectivity index (χ0) is 47.0. The fourth-order valence-corrected chi connectivity index (χ4v) is 8.14. The summed E-state index contributed by atoms with van der Waals surface area (Å²) in [4.78, 5) is 12.5. The first-order chi connectivity index (χ1) is 32.2. The largest absolute Gasteiger partial charge is 0.394 e. The van der Waals surface area contributed by atoms with Crippen LogP contribution in [0.3, 0.4) is 0 Å². The molecule has 0 heterocycles. The quantitative estimate of drug-likeness (QED) is 0.0421. The highest BCUT2D eigenvalue weighted by Crippen LogP contribution is 2.17. The van der Waals surface area contributed by atoms with Crippen molar-refractivity contribution in [2.45, 2.75) is 276 Å². The summed E-state index contributed by atoms with van der Waals surface area (Å²) >= 11 is 0. The normalized spacial score (nSPS) is 13.6. The van der Waals surface area contributed by atoms with Crippen molar-refractivity contribution < 1.29 is 15.0 Å². The third-order valence-electron chi connectivity index (χ3n) is 12.4. The molecule has 0 rings (SSSR count). The van der Waals surface area contributed by atoms with Gasteiger partial charge in [0.05, 0.1) is 18.8 Å². The molecule has 0 bridgehead atoms. The Labute approximate surface area is 404 Å². The molecule has 0 aromatic heterocycles. The maximum atomic E-state index is 12.5. The van der Waals surface area contributed by atoms with Gasteiger partial charge in [-0.3, -0.25) is 4.79 Å². The van der Waals surface area contributed by atoms with Crippen LogP contribution in [0.5, 0.6) is 0 Å². The molecule has 0 saturated heterocycles. The molecule has 0 aliphatic heterocycles. The lowest BCUT2D eigenvalue weighted by Gasteiger charge is -2.22. The van der Waals surface area contributed by atoms with Crippen molar-refractivity contribution in [2.75, 3.05) is 6.61 Å². The van der Waals surface area contributed by atoms with Crippen LogP contribution in [0.4, 0.5) is 0 Å². The molecule has 0 fully saturated rings. The first-order valence-electron chi connectivity index (χ1n) is 27.9. The number of unbranched alkanes of at least 4 members (excludes halogenated alkanes) is 27. The minimum atomic E-state index is -0.679. The van der Waals surface area contributed by atoms with Crippen molar-refractivity contribution in [3.63, 3.8) is 0 Å². The molecule has 0 aromatic carbocycles. The second-order valence-corrected chi connectivity index (χ2v) is 18.6. The van der Waals surface area contributed by atoms with Crippen LogP contribution in [0.15, 0.2) is 97.2 Å². The van der Waals surface area contributed by atoms with E-state index >= 15 is 0 Å². The summed E-state index contributed by atoms with van der Waals surface area (Å²) in [7, 11) is 0. The zero-order valence-electron chi connectivity index (χ0n) is 43.0. The Morgan fingerprint density at radius 3 is 1.02 bits per heavy atom. The van der Waals surface area contributed by atoms with Gasteiger partial charge in [0.1, 0.15) is 0 Å². The summed E-state index contributed by atoms with van der Waals surface area (Å²) in [6.07, 6.45) is 82.4. The summed E-state index contributed by atoms with van der Waals surface area (Å²) in [5.41, 5.74) is 0. The van der Waals surface area contributed by atoms with E-state index in [0.717, 1.165) is 96.3 Å². The SMILES string of the molecule is CC/C=C\C/C=C\C/C=C\C/C=C\C/C=C\C/C=C\C/C=C\C/C=C\CCCCCCC(=O)NC(CO)C(O)CCCCCCCCCCCCCCCCCCCCCCCCCC. The molecule has 0 radical (unpaired) electrons. The van der Waals surface area contributed by atoms with Crippen molar-refractivity contribution in [1.82, 2.24) is 5.32 Å². The van der Waals surface area contributed by atoms with E-state index in [0.29, 0.717) is 12.8 Å². The molecule has 4 heteroatoms. The summed E-state index contributed by atoms with van der Waals surface area (Å²) in [5.74, 6) is -0.0570. The van der Waals surface area contributed by atoms with Crippen LogP contribution in [-0.2, 0) is 4.79 Å². The molecule has 374 valence electrons. The van der Waals surface area contributed by atoms with Crippen molar-refractivity contribution in [2.24, 2.45) is 0 Å². The van der Waals surface area contributed by atoms with E-state index in [1.54, 1.807) is 0 Å².